The van der Waals surface area contributed by atoms with Gasteiger partial charge in [-0.05, 0) is 29.4 Å². The first-order valence-electron chi connectivity index (χ1n) is 5.35. The van der Waals surface area contributed by atoms with E-state index in [-0.39, 0.29) is 0 Å². The second kappa shape index (κ2) is 4.31. The van der Waals surface area contributed by atoms with Crippen LogP contribution in [0, 0.1) is 6.92 Å². The Hall–Kier alpha value is -0.890. The summed E-state index contributed by atoms with van der Waals surface area (Å²) in [6.45, 7) is 6.61. The number of thioether (sulfide) groups is 1. The molecule has 2 rings (SSSR count). The number of benzene rings is 1. The third-order valence-electron chi connectivity index (χ3n) is 2.50. The first kappa shape index (κ1) is 10.6. The van der Waals surface area contributed by atoms with Gasteiger partial charge in [0, 0.05) is 22.9 Å². The van der Waals surface area contributed by atoms with Crippen LogP contribution in [0.15, 0.2) is 24.4 Å². The van der Waals surface area contributed by atoms with Crippen molar-refractivity contribution in [1.29, 1.82) is 0 Å². The number of hydrogen-bond donors (Lipinski definition) is 1. The van der Waals surface area contributed by atoms with Crippen molar-refractivity contribution in [3.8, 4) is 0 Å². The summed E-state index contributed by atoms with van der Waals surface area (Å²) in [7, 11) is 0. The molecule has 1 aromatic heterocycles. The van der Waals surface area contributed by atoms with Crippen molar-refractivity contribution in [3.05, 3.63) is 35.5 Å². The molecule has 0 aliphatic heterocycles. The van der Waals surface area contributed by atoms with Crippen LogP contribution < -0.4 is 0 Å². The van der Waals surface area contributed by atoms with Crippen molar-refractivity contribution in [2.24, 2.45) is 0 Å². The van der Waals surface area contributed by atoms with Gasteiger partial charge in [0.05, 0.1) is 0 Å². The lowest BCUT2D eigenvalue weighted by Gasteiger charge is -2.03. The molecule has 15 heavy (non-hydrogen) atoms. The van der Waals surface area contributed by atoms with Crippen molar-refractivity contribution in [1.82, 2.24) is 4.98 Å². The number of aromatic nitrogens is 1. The van der Waals surface area contributed by atoms with E-state index in [1.807, 2.05) is 11.8 Å². The predicted octanol–water partition coefficient (Wildman–Crippen LogP) is 4.12. The highest BCUT2D eigenvalue weighted by molar-refractivity contribution is 7.99. The number of rotatable bonds is 3. The Morgan fingerprint density at radius 2 is 2.13 bits per heavy atom. The van der Waals surface area contributed by atoms with Gasteiger partial charge in [-0.3, -0.25) is 0 Å². The van der Waals surface area contributed by atoms with E-state index in [4.69, 9.17) is 0 Å². The maximum Gasteiger partial charge on any atom is 0.0459 e. The zero-order chi connectivity index (χ0) is 10.8. The third kappa shape index (κ3) is 2.37. The van der Waals surface area contributed by atoms with Crippen LogP contribution in [0.1, 0.15) is 25.0 Å². The zero-order valence-electron chi connectivity index (χ0n) is 9.50. The lowest BCUT2D eigenvalue weighted by Crippen LogP contribution is -1.87. The predicted molar refractivity (Wildman–Crippen MR) is 69.5 cm³/mol. The fourth-order valence-corrected chi connectivity index (χ4v) is 2.43. The number of fused-ring (bicyclic) bond motifs is 1. The van der Waals surface area contributed by atoms with Crippen molar-refractivity contribution >= 4 is 22.7 Å². The average Bonchev–Trinajstić information content (AvgIpc) is 2.57. The molecular formula is C13H17NS. The molecule has 0 atom stereocenters. The van der Waals surface area contributed by atoms with E-state index in [0.717, 1.165) is 5.75 Å². The summed E-state index contributed by atoms with van der Waals surface area (Å²) in [6.07, 6.45) is 2.14. The molecule has 80 valence electrons. The Bertz CT molecular complexity index is 457. The Kier molecular flexibility index (Phi) is 3.06. The molecule has 0 fully saturated rings. The Labute approximate surface area is 95.3 Å². The van der Waals surface area contributed by atoms with Gasteiger partial charge in [-0.2, -0.15) is 11.8 Å². The van der Waals surface area contributed by atoms with Gasteiger partial charge in [0.2, 0.25) is 0 Å². The summed E-state index contributed by atoms with van der Waals surface area (Å²) in [4.78, 5) is 3.34. The Balaban J connectivity index is 2.29. The smallest absolute Gasteiger partial charge is 0.0459 e. The van der Waals surface area contributed by atoms with E-state index >= 15 is 0 Å². The molecule has 1 N–H and O–H groups in total. The van der Waals surface area contributed by atoms with Gasteiger partial charge in [-0.1, -0.05) is 26.0 Å². The number of hydrogen-bond acceptors (Lipinski definition) is 1. The van der Waals surface area contributed by atoms with E-state index in [2.05, 4.69) is 50.2 Å². The maximum atomic E-state index is 3.34. The molecule has 0 spiro atoms. The Morgan fingerprint density at radius 1 is 1.33 bits per heavy atom. The van der Waals surface area contributed by atoms with Crippen LogP contribution in [0.3, 0.4) is 0 Å². The van der Waals surface area contributed by atoms with E-state index < -0.39 is 0 Å². The molecule has 0 radical (unpaired) electrons. The van der Waals surface area contributed by atoms with Crippen LogP contribution in [0.2, 0.25) is 0 Å². The minimum absolute atomic E-state index is 0.695. The van der Waals surface area contributed by atoms with Gasteiger partial charge < -0.3 is 4.98 Å². The summed E-state index contributed by atoms with van der Waals surface area (Å²) in [5.74, 6) is 1.10. The Morgan fingerprint density at radius 3 is 2.87 bits per heavy atom. The van der Waals surface area contributed by atoms with E-state index in [9.17, 15) is 0 Å². The average molecular weight is 219 g/mol. The highest BCUT2D eigenvalue weighted by atomic mass is 32.2. The van der Waals surface area contributed by atoms with Crippen LogP contribution in [-0.4, -0.2) is 10.2 Å². The molecule has 2 heteroatoms. The minimum Gasteiger partial charge on any atom is -0.361 e. The van der Waals surface area contributed by atoms with Gasteiger partial charge in [-0.15, -0.1) is 0 Å². The van der Waals surface area contributed by atoms with Crippen molar-refractivity contribution in [2.45, 2.75) is 31.8 Å². The van der Waals surface area contributed by atoms with Crippen LogP contribution in [0.4, 0.5) is 0 Å². The topological polar surface area (TPSA) is 15.8 Å². The molecule has 0 bridgehead atoms. The van der Waals surface area contributed by atoms with Crippen LogP contribution in [0.25, 0.3) is 10.9 Å². The van der Waals surface area contributed by atoms with Gasteiger partial charge in [0.15, 0.2) is 0 Å². The number of nitrogens with one attached hydrogen (secondary N) is 1. The van der Waals surface area contributed by atoms with Gasteiger partial charge in [-0.25, -0.2) is 0 Å². The molecule has 0 amide bonds. The molecule has 1 nitrogen and oxygen atoms in total. The SMILES string of the molecule is Cc1ccc2c(CSC(C)C)c[nH]c2c1. The fraction of sp³-hybridized carbons (Fsp3) is 0.385. The minimum atomic E-state index is 0.695. The van der Waals surface area contributed by atoms with Gasteiger partial charge in [0.1, 0.15) is 0 Å². The standard InChI is InChI=1S/C13H17NS/c1-9(2)15-8-11-7-14-13-6-10(3)4-5-12(11)13/h4-7,9,14H,8H2,1-3H3. The second-order valence-corrected chi connectivity index (χ2v) is 5.79. The molecule has 0 aliphatic rings. The summed E-state index contributed by atoms with van der Waals surface area (Å²) in [6, 6.07) is 6.61. The summed E-state index contributed by atoms with van der Waals surface area (Å²) < 4.78 is 0. The first-order chi connectivity index (χ1) is 7.16. The second-order valence-electron chi connectivity index (χ2n) is 4.22. The highest BCUT2D eigenvalue weighted by Gasteiger charge is 2.04. The molecule has 1 aromatic carbocycles. The summed E-state index contributed by atoms with van der Waals surface area (Å²) in [5, 5.41) is 2.06. The van der Waals surface area contributed by atoms with Crippen LogP contribution >= 0.6 is 11.8 Å². The van der Waals surface area contributed by atoms with Crippen molar-refractivity contribution in [3.63, 3.8) is 0 Å². The summed E-state index contributed by atoms with van der Waals surface area (Å²) >= 11 is 1.99. The largest absolute Gasteiger partial charge is 0.361 e. The lowest BCUT2D eigenvalue weighted by atomic mass is 10.1. The third-order valence-corrected chi connectivity index (χ3v) is 3.64. The number of H-pyrrole nitrogens is 1. The lowest BCUT2D eigenvalue weighted by molar-refractivity contribution is 1.11. The fourth-order valence-electron chi connectivity index (χ4n) is 1.68. The highest BCUT2D eigenvalue weighted by Crippen LogP contribution is 2.25. The summed E-state index contributed by atoms with van der Waals surface area (Å²) in [5.41, 5.74) is 3.99. The van der Waals surface area contributed by atoms with Crippen molar-refractivity contribution < 1.29 is 0 Å². The molecule has 1 heterocycles. The van der Waals surface area contributed by atoms with Gasteiger partial charge >= 0.3 is 0 Å². The molecule has 0 saturated carbocycles. The molecule has 0 unspecified atom stereocenters. The van der Waals surface area contributed by atoms with Crippen LogP contribution in [-0.2, 0) is 5.75 Å². The normalized spacial score (nSPS) is 11.5. The molecular weight excluding hydrogens is 202 g/mol. The number of aromatic amines is 1. The van der Waals surface area contributed by atoms with E-state index in [0.29, 0.717) is 5.25 Å². The van der Waals surface area contributed by atoms with E-state index in [1.54, 1.807) is 0 Å². The van der Waals surface area contributed by atoms with Crippen LogP contribution in [0.5, 0.6) is 0 Å². The monoisotopic (exact) mass is 219 g/mol. The van der Waals surface area contributed by atoms with Crippen molar-refractivity contribution in [2.75, 3.05) is 0 Å². The molecule has 2 aromatic rings. The maximum absolute atomic E-state index is 3.34. The first-order valence-corrected chi connectivity index (χ1v) is 6.40. The zero-order valence-corrected chi connectivity index (χ0v) is 10.3. The molecule has 0 saturated heterocycles. The number of aryl methyl sites for hydroxylation is 1. The molecule has 0 aliphatic carbocycles. The van der Waals surface area contributed by atoms with Gasteiger partial charge in [0.25, 0.3) is 0 Å². The quantitative estimate of drug-likeness (QED) is 0.821. The van der Waals surface area contributed by atoms with E-state index in [1.165, 1.54) is 22.0 Å².